The normalized spacial score (nSPS) is 11.4. The van der Waals surface area contributed by atoms with Crippen LogP contribution in [-0.2, 0) is 0 Å². The molecule has 0 fully saturated rings. The number of rotatable bonds is 2. The summed E-state index contributed by atoms with van der Waals surface area (Å²) >= 11 is 0. The summed E-state index contributed by atoms with van der Waals surface area (Å²) in [5.41, 5.74) is 3.54. The maximum atomic E-state index is 8.35. The van der Waals surface area contributed by atoms with Gasteiger partial charge < -0.3 is 4.90 Å². The third-order valence-corrected chi connectivity index (χ3v) is 3.01. The third kappa shape index (κ3) is 2.87. The Balaban J connectivity index is 3.24. The molecule has 0 saturated heterocycles. The molecule has 1 aromatic rings. The molecule has 0 bridgehead atoms. The van der Waals surface area contributed by atoms with Crippen molar-refractivity contribution < 1.29 is 0 Å². The second kappa shape index (κ2) is 4.91. The maximum absolute atomic E-state index is 8.35. The van der Waals surface area contributed by atoms with Crippen LogP contribution in [0, 0.1) is 24.7 Å². The van der Waals surface area contributed by atoms with Gasteiger partial charge in [-0.2, -0.15) is 0 Å². The summed E-state index contributed by atoms with van der Waals surface area (Å²) in [6, 6.07) is 6.30. The topological polar surface area (TPSA) is 27.1 Å². The molecule has 0 saturated carbocycles. The Labute approximate surface area is 105 Å². The molecule has 2 heteroatoms. The first-order chi connectivity index (χ1) is 7.79. The molecule has 0 atom stereocenters. The Morgan fingerprint density at radius 1 is 1.18 bits per heavy atom. The first kappa shape index (κ1) is 13.8. The number of nitrogens with one attached hydrogen (secondary N) is 1. The van der Waals surface area contributed by atoms with Gasteiger partial charge in [0.1, 0.15) is 5.84 Å². The van der Waals surface area contributed by atoms with Gasteiger partial charge in [-0.1, -0.05) is 39.0 Å². The zero-order valence-electron chi connectivity index (χ0n) is 11.9. The van der Waals surface area contributed by atoms with Gasteiger partial charge in [-0.05, 0) is 31.9 Å². The van der Waals surface area contributed by atoms with Crippen LogP contribution < -0.4 is 4.90 Å². The van der Waals surface area contributed by atoms with Gasteiger partial charge in [0.15, 0.2) is 0 Å². The fraction of sp³-hybridized carbons (Fsp3) is 0.533. The Morgan fingerprint density at radius 2 is 1.65 bits per heavy atom. The summed E-state index contributed by atoms with van der Waals surface area (Å²) in [7, 11) is 0. The van der Waals surface area contributed by atoms with Gasteiger partial charge in [0.2, 0.25) is 0 Å². The summed E-state index contributed by atoms with van der Waals surface area (Å²) in [5.74, 6) is 0.678. The number of para-hydroxylation sites is 1. The number of benzene rings is 1. The molecule has 0 radical (unpaired) electrons. The van der Waals surface area contributed by atoms with Crippen molar-refractivity contribution in [1.29, 1.82) is 5.41 Å². The standard InChI is InChI=1S/C15H24N2/c1-7-17(14(16)15(4,5)6)13-11(2)9-8-10-12(13)3/h8-10,16H,7H2,1-6H3. The van der Waals surface area contributed by atoms with Crippen molar-refractivity contribution in [1.82, 2.24) is 0 Å². The highest BCUT2D eigenvalue weighted by molar-refractivity contribution is 6.00. The molecule has 0 aliphatic carbocycles. The van der Waals surface area contributed by atoms with Crippen LogP contribution in [0.3, 0.4) is 0 Å². The van der Waals surface area contributed by atoms with E-state index in [9.17, 15) is 0 Å². The average molecular weight is 232 g/mol. The lowest BCUT2D eigenvalue weighted by Crippen LogP contribution is -2.39. The highest BCUT2D eigenvalue weighted by Gasteiger charge is 2.24. The van der Waals surface area contributed by atoms with Crippen molar-refractivity contribution in [2.45, 2.75) is 41.5 Å². The lowest BCUT2D eigenvalue weighted by molar-refractivity contribution is 0.573. The van der Waals surface area contributed by atoms with Crippen molar-refractivity contribution in [2.75, 3.05) is 11.4 Å². The van der Waals surface area contributed by atoms with Crippen molar-refractivity contribution >= 4 is 11.5 Å². The third-order valence-electron chi connectivity index (χ3n) is 3.01. The van der Waals surface area contributed by atoms with Crippen LogP contribution in [0.2, 0.25) is 0 Å². The number of nitrogens with zero attached hydrogens (tertiary/aromatic N) is 1. The Hall–Kier alpha value is -1.31. The van der Waals surface area contributed by atoms with E-state index in [0.717, 1.165) is 6.54 Å². The predicted molar refractivity (Wildman–Crippen MR) is 76.1 cm³/mol. The molecule has 0 heterocycles. The number of hydrogen-bond acceptors (Lipinski definition) is 1. The van der Waals surface area contributed by atoms with Gasteiger partial charge in [-0.15, -0.1) is 0 Å². The van der Waals surface area contributed by atoms with Gasteiger partial charge in [-0.3, -0.25) is 5.41 Å². The van der Waals surface area contributed by atoms with Crippen molar-refractivity contribution in [3.05, 3.63) is 29.3 Å². The summed E-state index contributed by atoms with van der Waals surface area (Å²) in [4.78, 5) is 2.12. The Bertz CT molecular complexity index is 393. The van der Waals surface area contributed by atoms with E-state index < -0.39 is 0 Å². The fourth-order valence-corrected chi connectivity index (χ4v) is 2.06. The molecule has 0 aliphatic heterocycles. The van der Waals surface area contributed by atoms with Crippen molar-refractivity contribution in [3.8, 4) is 0 Å². The van der Waals surface area contributed by atoms with Crippen LogP contribution in [-0.4, -0.2) is 12.4 Å². The molecule has 0 aliphatic rings. The van der Waals surface area contributed by atoms with Gasteiger partial charge in [0.05, 0.1) is 0 Å². The minimum Gasteiger partial charge on any atom is -0.330 e. The molecular formula is C15H24N2. The van der Waals surface area contributed by atoms with E-state index in [-0.39, 0.29) is 5.41 Å². The van der Waals surface area contributed by atoms with E-state index in [1.54, 1.807) is 0 Å². The first-order valence-electron chi connectivity index (χ1n) is 6.21. The lowest BCUT2D eigenvalue weighted by atomic mass is 9.93. The van der Waals surface area contributed by atoms with E-state index in [2.05, 4.69) is 64.6 Å². The minimum atomic E-state index is -0.120. The maximum Gasteiger partial charge on any atom is 0.106 e. The molecule has 0 aromatic heterocycles. The van der Waals surface area contributed by atoms with Gasteiger partial charge in [0.25, 0.3) is 0 Å². The fourth-order valence-electron chi connectivity index (χ4n) is 2.06. The zero-order chi connectivity index (χ0) is 13.2. The molecular weight excluding hydrogens is 208 g/mol. The summed E-state index contributed by atoms with van der Waals surface area (Å²) in [5, 5.41) is 8.35. The van der Waals surface area contributed by atoms with E-state index in [1.807, 2.05) is 0 Å². The molecule has 1 aromatic carbocycles. The second-order valence-corrected chi connectivity index (χ2v) is 5.58. The largest absolute Gasteiger partial charge is 0.330 e. The molecule has 0 spiro atoms. The zero-order valence-corrected chi connectivity index (χ0v) is 11.9. The van der Waals surface area contributed by atoms with Crippen molar-refractivity contribution in [3.63, 3.8) is 0 Å². The molecule has 1 N–H and O–H groups in total. The van der Waals surface area contributed by atoms with Crippen LogP contribution >= 0.6 is 0 Å². The SMILES string of the molecule is CCN(C(=N)C(C)(C)C)c1c(C)cccc1C. The Kier molecular flexibility index (Phi) is 3.97. The van der Waals surface area contributed by atoms with Gasteiger partial charge in [0, 0.05) is 17.6 Å². The number of amidine groups is 1. The first-order valence-corrected chi connectivity index (χ1v) is 6.21. The lowest BCUT2D eigenvalue weighted by Gasteiger charge is -2.33. The quantitative estimate of drug-likeness (QED) is 0.602. The predicted octanol–water partition coefficient (Wildman–Crippen LogP) is 4.15. The molecule has 2 nitrogen and oxygen atoms in total. The van der Waals surface area contributed by atoms with Crippen LogP contribution in [0.5, 0.6) is 0 Å². The van der Waals surface area contributed by atoms with E-state index in [1.165, 1.54) is 16.8 Å². The number of aryl methyl sites for hydroxylation is 2. The van der Waals surface area contributed by atoms with Crippen LogP contribution in [0.25, 0.3) is 0 Å². The minimum absolute atomic E-state index is 0.120. The van der Waals surface area contributed by atoms with Crippen LogP contribution in [0.4, 0.5) is 5.69 Å². The van der Waals surface area contributed by atoms with Crippen LogP contribution in [0.1, 0.15) is 38.8 Å². The molecule has 17 heavy (non-hydrogen) atoms. The molecule has 0 unspecified atom stereocenters. The summed E-state index contributed by atoms with van der Waals surface area (Å²) in [6.07, 6.45) is 0. The highest BCUT2D eigenvalue weighted by atomic mass is 15.2. The van der Waals surface area contributed by atoms with Gasteiger partial charge in [-0.25, -0.2) is 0 Å². The summed E-state index contributed by atoms with van der Waals surface area (Å²) in [6.45, 7) is 13.4. The Morgan fingerprint density at radius 3 is 2.00 bits per heavy atom. The summed E-state index contributed by atoms with van der Waals surface area (Å²) < 4.78 is 0. The van der Waals surface area contributed by atoms with E-state index in [0.29, 0.717) is 5.84 Å². The average Bonchev–Trinajstić information content (AvgIpc) is 2.21. The second-order valence-electron chi connectivity index (χ2n) is 5.58. The van der Waals surface area contributed by atoms with Gasteiger partial charge >= 0.3 is 0 Å². The molecule has 94 valence electrons. The number of hydrogen-bond donors (Lipinski definition) is 1. The van der Waals surface area contributed by atoms with E-state index >= 15 is 0 Å². The molecule has 1 rings (SSSR count). The number of anilines is 1. The highest BCUT2D eigenvalue weighted by Crippen LogP contribution is 2.28. The van der Waals surface area contributed by atoms with Crippen LogP contribution in [0.15, 0.2) is 18.2 Å². The van der Waals surface area contributed by atoms with Crippen molar-refractivity contribution in [2.24, 2.45) is 5.41 Å². The van der Waals surface area contributed by atoms with E-state index in [4.69, 9.17) is 5.41 Å². The molecule has 0 amide bonds. The monoisotopic (exact) mass is 232 g/mol. The smallest absolute Gasteiger partial charge is 0.106 e.